The van der Waals surface area contributed by atoms with Gasteiger partial charge >= 0.3 is 0 Å². The summed E-state index contributed by atoms with van der Waals surface area (Å²) in [6.07, 6.45) is 4.35. The molecule has 0 amide bonds. The molecule has 0 fully saturated rings. The lowest BCUT2D eigenvalue weighted by molar-refractivity contribution is -0.151. The molecule has 2 atom stereocenters. The summed E-state index contributed by atoms with van der Waals surface area (Å²) in [4.78, 5) is 12.6. The second-order valence-electron chi connectivity index (χ2n) is 6.17. The highest BCUT2D eigenvalue weighted by atomic mass is 16.5. The van der Waals surface area contributed by atoms with Crippen molar-refractivity contribution in [1.29, 1.82) is 0 Å². The van der Waals surface area contributed by atoms with Crippen LogP contribution < -0.4 is 0 Å². The maximum atomic E-state index is 12.6. The van der Waals surface area contributed by atoms with Crippen molar-refractivity contribution >= 4 is 5.78 Å². The average molecular weight is 306 g/mol. The minimum absolute atomic E-state index is 0.0109. The fourth-order valence-electron chi connectivity index (χ4n) is 2.52. The molecule has 1 aromatic carbocycles. The van der Waals surface area contributed by atoms with Crippen LogP contribution in [0.25, 0.3) is 0 Å². The minimum Gasteiger partial charge on any atom is -0.373 e. The normalized spacial score (nSPS) is 15.3. The zero-order chi connectivity index (χ0) is 16.4. The Morgan fingerprint density at radius 1 is 1.23 bits per heavy atom. The largest absolute Gasteiger partial charge is 0.373 e. The van der Waals surface area contributed by atoms with Gasteiger partial charge in [-0.1, -0.05) is 63.4 Å². The van der Waals surface area contributed by atoms with E-state index in [4.69, 9.17) is 9.47 Å². The number of Topliss-reactive ketones (excluding diaryl/α,β-unsaturated/α-hetero) is 1. The summed E-state index contributed by atoms with van der Waals surface area (Å²) < 4.78 is 11.2. The zero-order valence-electron chi connectivity index (χ0n) is 14.4. The molecule has 3 heteroatoms. The molecule has 22 heavy (non-hydrogen) atoms. The van der Waals surface area contributed by atoms with E-state index in [2.05, 4.69) is 6.92 Å². The molecule has 0 saturated carbocycles. The summed E-state index contributed by atoms with van der Waals surface area (Å²) in [6.45, 7) is 6.78. The van der Waals surface area contributed by atoms with E-state index in [1.807, 2.05) is 44.2 Å². The lowest BCUT2D eigenvalue weighted by Gasteiger charge is -2.29. The second-order valence-corrected chi connectivity index (χ2v) is 6.17. The van der Waals surface area contributed by atoms with Gasteiger partial charge in [-0.15, -0.1) is 0 Å². The number of benzene rings is 1. The van der Waals surface area contributed by atoms with Crippen molar-refractivity contribution in [2.45, 2.75) is 58.7 Å². The third kappa shape index (κ3) is 5.90. The summed E-state index contributed by atoms with van der Waals surface area (Å²) in [5.74, 6) is 0.149. The maximum absolute atomic E-state index is 12.6. The summed E-state index contributed by atoms with van der Waals surface area (Å²) in [5, 5.41) is 0. The van der Waals surface area contributed by atoms with E-state index in [9.17, 15) is 4.79 Å². The molecule has 0 radical (unpaired) electrons. The van der Waals surface area contributed by atoms with Gasteiger partial charge in [0.15, 0.2) is 5.78 Å². The molecule has 0 aliphatic heterocycles. The van der Waals surface area contributed by atoms with Crippen LogP contribution in [0.2, 0.25) is 0 Å². The monoisotopic (exact) mass is 306 g/mol. The molecule has 0 saturated heterocycles. The van der Waals surface area contributed by atoms with E-state index in [0.29, 0.717) is 6.61 Å². The molecular formula is C19H30O3. The van der Waals surface area contributed by atoms with Gasteiger partial charge < -0.3 is 9.47 Å². The predicted octanol–water partition coefficient (Wildman–Crippen LogP) is 4.39. The van der Waals surface area contributed by atoms with Crippen LogP contribution >= 0.6 is 0 Å². The Bertz CT molecular complexity index is 430. The number of carbonyl (C=O) groups excluding carboxylic acids is 1. The summed E-state index contributed by atoms with van der Waals surface area (Å²) in [5.41, 5.74) is 0.241. The molecule has 0 N–H and O–H groups in total. The van der Waals surface area contributed by atoms with Crippen LogP contribution in [0.4, 0.5) is 0 Å². The molecule has 0 aliphatic rings. The third-order valence-electron chi connectivity index (χ3n) is 4.15. The van der Waals surface area contributed by atoms with E-state index in [1.54, 1.807) is 7.11 Å². The average Bonchev–Trinajstić information content (AvgIpc) is 2.55. The van der Waals surface area contributed by atoms with Crippen LogP contribution in [-0.4, -0.2) is 25.1 Å². The number of ketones is 1. The first-order valence-electron chi connectivity index (χ1n) is 8.24. The van der Waals surface area contributed by atoms with E-state index in [1.165, 1.54) is 12.8 Å². The van der Waals surface area contributed by atoms with Gasteiger partial charge in [-0.05, 0) is 18.9 Å². The van der Waals surface area contributed by atoms with Crippen molar-refractivity contribution < 1.29 is 14.3 Å². The lowest BCUT2D eigenvalue weighted by Crippen LogP contribution is -2.45. The summed E-state index contributed by atoms with van der Waals surface area (Å²) in [7, 11) is 1.59. The van der Waals surface area contributed by atoms with Crippen LogP contribution in [0.15, 0.2) is 30.3 Å². The number of hydrogen-bond donors (Lipinski definition) is 0. The van der Waals surface area contributed by atoms with E-state index >= 15 is 0 Å². The van der Waals surface area contributed by atoms with Gasteiger partial charge in [0.25, 0.3) is 0 Å². The van der Waals surface area contributed by atoms with Crippen LogP contribution in [0, 0.1) is 5.92 Å². The second kappa shape index (κ2) is 9.75. The molecule has 0 aromatic heterocycles. The molecule has 0 aliphatic carbocycles. The summed E-state index contributed by atoms with van der Waals surface area (Å²) >= 11 is 0. The van der Waals surface area contributed by atoms with E-state index in [-0.39, 0.29) is 18.3 Å². The molecule has 2 unspecified atom stereocenters. The Labute approximate surface area is 135 Å². The first-order chi connectivity index (χ1) is 10.5. The van der Waals surface area contributed by atoms with Crippen LogP contribution in [0.3, 0.4) is 0 Å². The highest BCUT2D eigenvalue weighted by Gasteiger charge is 2.36. The molecule has 124 valence electrons. The van der Waals surface area contributed by atoms with Crippen molar-refractivity contribution in [3.8, 4) is 0 Å². The van der Waals surface area contributed by atoms with Gasteiger partial charge in [0.05, 0.1) is 13.2 Å². The first-order valence-corrected chi connectivity index (χ1v) is 8.24. The van der Waals surface area contributed by atoms with Crippen LogP contribution in [0.5, 0.6) is 0 Å². The molecule has 0 heterocycles. The quantitative estimate of drug-likeness (QED) is 0.569. The Morgan fingerprint density at radius 2 is 1.91 bits per heavy atom. The third-order valence-corrected chi connectivity index (χ3v) is 4.15. The van der Waals surface area contributed by atoms with Crippen molar-refractivity contribution in [1.82, 2.24) is 0 Å². The topological polar surface area (TPSA) is 35.5 Å². The fourth-order valence-corrected chi connectivity index (χ4v) is 2.52. The lowest BCUT2D eigenvalue weighted by atomic mass is 9.88. The minimum atomic E-state index is -0.861. The molecule has 0 bridgehead atoms. The van der Waals surface area contributed by atoms with Crippen molar-refractivity contribution in [2.75, 3.05) is 13.7 Å². The molecular weight excluding hydrogens is 276 g/mol. The number of hydrogen-bond acceptors (Lipinski definition) is 3. The number of carbonyl (C=O) groups is 1. The van der Waals surface area contributed by atoms with Gasteiger partial charge in [-0.25, -0.2) is 0 Å². The molecule has 3 nitrogen and oxygen atoms in total. The van der Waals surface area contributed by atoms with Gasteiger partial charge in [0, 0.05) is 13.0 Å². The molecule has 1 rings (SSSR count). The number of rotatable bonds is 11. The zero-order valence-corrected chi connectivity index (χ0v) is 14.4. The Hall–Kier alpha value is -1.19. The maximum Gasteiger partial charge on any atom is 0.169 e. The number of ether oxygens (including phenoxy) is 2. The van der Waals surface area contributed by atoms with Gasteiger partial charge in [-0.2, -0.15) is 0 Å². The Morgan fingerprint density at radius 3 is 2.50 bits per heavy atom. The van der Waals surface area contributed by atoms with Crippen LogP contribution in [0.1, 0.15) is 52.0 Å². The molecule has 0 spiro atoms. The Kier molecular flexibility index (Phi) is 8.36. The van der Waals surface area contributed by atoms with Crippen molar-refractivity contribution in [3.05, 3.63) is 35.9 Å². The molecule has 1 aromatic rings. The highest BCUT2D eigenvalue weighted by Crippen LogP contribution is 2.21. The van der Waals surface area contributed by atoms with Gasteiger partial charge in [-0.3, -0.25) is 4.79 Å². The Balaban J connectivity index is 2.49. The van der Waals surface area contributed by atoms with Gasteiger partial charge in [0.1, 0.15) is 5.60 Å². The first kappa shape index (κ1) is 18.9. The summed E-state index contributed by atoms with van der Waals surface area (Å²) in [6, 6.07) is 9.97. The van der Waals surface area contributed by atoms with E-state index in [0.717, 1.165) is 18.4 Å². The SMILES string of the molecule is CCCCCC(C)C(=O)C(C)(COCc1ccccc1)OC. The van der Waals surface area contributed by atoms with Crippen LogP contribution in [-0.2, 0) is 20.9 Å². The van der Waals surface area contributed by atoms with Crippen molar-refractivity contribution in [2.24, 2.45) is 5.92 Å². The standard InChI is InChI=1S/C19H30O3/c1-5-6-8-11-16(2)18(20)19(3,21-4)15-22-14-17-12-9-7-10-13-17/h7,9-10,12-13,16H,5-6,8,11,14-15H2,1-4H3. The highest BCUT2D eigenvalue weighted by molar-refractivity contribution is 5.89. The smallest absolute Gasteiger partial charge is 0.169 e. The number of methoxy groups -OCH3 is 1. The number of unbranched alkanes of at least 4 members (excludes halogenated alkanes) is 2. The predicted molar refractivity (Wildman–Crippen MR) is 89.8 cm³/mol. The van der Waals surface area contributed by atoms with Crippen molar-refractivity contribution in [3.63, 3.8) is 0 Å². The fraction of sp³-hybridized carbons (Fsp3) is 0.632. The van der Waals surface area contributed by atoms with E-state index < -0.39 is 5.60 Å². The van der Waals surface area contributed by atoms with Gasteiger partial charge in [0.2, 0.25) is 0 Å².